The van der Waals surface area contributed by atoms with Crippen LogP contribution in [0, 0.1) is 11.8 Å². The summed E-state index contributed by atoms with van der Waals surface area (Å²) in [6.07, 6.45) is 0.888. The minimum atomic E-state index is -3.45. The Balaban J connectivity index is 2.24. The zero-order chi connectivity index (χ0) is 15.6. The van der Waals surface area contributed by atoms with Crippen molar-refractivity contribution in [1.82, 2.24) is 4.31 Å². The molecule has 0 radical (unpaired) electrons. The molecular formula is C16H25NO3S. The van der Waals surface area contributed by atoms with E-state index in [-0.39, 0.29) is 4.90 Å². The Morgan fingerprint density at radius 1 is 1.38 bits per heavy atom. The third-order valence-corrected chi connectivity index (χ3v) is 6.26. The Bertz CT molecular complexity index is 583. The Morgan fingerprint density at radius 2 is 2.10 bits per heavy atom. The molecule has 5 heteroatoms. The molecule has 21 heavy (non-hydrogen) atoms. The second-order valence-electron chi connectivity index (χ2n) is 6.15. The molecule has 1 N–H and O–H groups in total. The average molecular weight is 311 g/mol. The molecule has 1 aliphatic rings. The summed E-state index contributed by atoms with van der Waals surface area (Å²) in [6, 6.07) is 6.70. The SMILES string of the molecule is CCC(O)c1cccc(S(=O)(=O)N2CCC(C(C)C)C2)c1. The summed E-state index contributed by atoms with van der Waals surface area (Å²) >= 11 is 0. The molecule has 1 aromatic rings. The molecule has 0 bridgehead atoms. The van der Waals surface area contributed by atoms with Gasteiger partial charge in [0.1, 0.15) is 0 Å². The molecule has 2 unspecified atom stereocenters. The fourth-order valence-electron chi connectivity index (χ4n) is 2.78. The fourth-order valence-corrected chi connectivity index (χ4v) is 4.35. The van der Waals surface area contributed by atoms with Gasteiger partial charge in [-0.3, -0.25) is 0 Å². The lowest BCUT2D eigenvalue weighted by atomic mass is 9.96. The van der Waals surface area contributed by atoms with Crippen LogP contribution >= 0.6 is 0 Å². The lowest BCUT2D eigenvalue weighted by Crippen LogP contribution is -2.29. The molecule has 1 heterocycles. The first-order valence-electron chi connectivity index (χ1n) is 7.64. The van der Waals surface area contributed by atoms with Gasteiger partial charge in [0.15, 0.2) is 0 Å². The number of sulfonamides is 1. The molecule has 0 aromatic heterocycles. The van der Waals surface area contributed by atoms with E-state index in [1.54, 1.807) is 28.6 Å². The normalized spacial score (nSPS) is 21.9. The summed E-state index contributed by atoms with van der Waals surface area (Å²) < 4.78 is 27.0. The van der Waals surface area contributed by atoms with Gasteiger partial charge in [0.05, 0.1) is 11.0 Å². The Morgan fingerprint density at radius 3 is 2.67 bits per heavy atom. The number of hydrogen-bond donors (Lipinski definition) is 1. The first-order valence-corrected chi connectivity index (χ1v) is 9.08. The number of aliphatic hydroxyl groups is 1. The van der Waals surface area contributed by atoms with Gasteiger partial charge >= 0.3 is 0 Å². The summed E-state index contributed by atoms with van der Waals surface area (Å²) in [4.78, 5) is 0.289. The van der Waals surface area contributed by atoms with Gasteiger partial charge in [0.25, 0.3) is 0 Å². The largest absolute Gasteiger partial charge is 0.388 e. The van der Waals surface area contributed by atoms with Gasteiger partial charge < -0.3 is 5.11 Å². The monoisotopic (exact) mass is 311 g/mol. The molecule has 1 saturated heterocycles. The summed E-state index contributed by atoms with van der Waals surface area (Å²) in [5.74, 6) is 0.933. The number of aliphatic hydroxyl groups excluding tert-OH is 1. The van der Waals surface area contributed by atoms with Crippen LogP contribution < -0.4 is 0 Å². The Hall–Kier alpha value is -0.910. The summed E-state index contributed by atoms with van der Waals surface area (Å²) in [5, 5.41) is 9.89. The molecule has 0 amide bonds. The van der Waals surface area contributed by atoms with E-state index in [2.05, 4.69) is 13.8 Å². The second-order valence-corrected chi connectivity index (χ2v) is 8.09. The van der Waals surface area contributed by atoms with Crippen LogP contribution in [-0.2, 0) is 10.0 Å². The minimum absolute atomic E-state index is 0.289. The van der Waals surface area contributed by atoms with Gasteiger partial charge in [-0.15, -0.1) is 0 Å². The molecule has 1 aromatic carbocycles. The average Bonchev–Trinajstić information content (AvgIpc) is 2.97. The maximum atomic E-state index is 12.7. The molecule has 4 nitrogen and oxygen atoms in total. The van der Waals surface area contributed by atoms with E-state index in [1.807, 2.05) is 6.92 Å². The van der Waals surface area contributed by atoms with Crippen LogP contribution in [0.1, 0.15) is 45.3 Å². The highest BCUT2D eigenvalue weighted by Gasteiger charge is 2.33. The summed E-state index contributed by atoms with van der Waals surface area (Å²) in [7, 11) is -3.45. The molecule has 2 atom stereocenters. The Kier molecular flexibility index (Phi) is 5.07. The number of rotatable bonds is 5. The Labute approximate surface area is 127 Å². The first-order chi connectivity index (χ1) is 9.86. The lowest BCUT2D eigenvalue weighted by Gasteiger charge is -2.19. The molecule has 0 aliphatic carbocycles. The highest BCUT2D eigenvalue weighted by Crippen LogP contribution is 2.29. The van der Waals surface area contributed by atoms with Crippen molar-refractivity contribution in [1.29, 1.82) is 0 Å². The predicted molar refractivity (Wildman–Crippen MR) is 83.4 cm³/mol. The van der Waals surface area contributed by atoms with Gasteiger partial charge in [0, 0.05) is 13.1 Å². The number of nitrogens with zero attached hydrogens (tertiary/aromatic N) is 1. The van der Waals surface area contributed by atoms with E-state index in [4.69, 9.17) is 0 Å². The molecule has 0 saturated carbocycles. The van der Waals surface area contributed by atoms with Gasteiger partial charge in [-0.25, -0.2) is 8.42 Å². The van der Waals surface area contributed by atoms with Crippen molar-refractivity contribution in [3.8, 4) is 0 Å². The van der Waals surface area contributed by atoms with Crippen molar-refractivity contribution in [3.05, 3.63) is 29.8 Å². The topological polar surface area (TPSA) is 57.6 Å². The highest BCUT2D eigenvalue weighted by atomic mass is 32.2. The standard InChI is InChI=1S/C16H25NO3S/c1-4-16(18)13-6-5-7-15(10-13)21(19,20)17-9-8-14(11-17)12(2)3/h5-7,10,12,14,16,18H,4,8-9,11H2,1-3H3. The van der Waals surface area contributed by atoms with Crippen LogP contribution in [0.4, 0.5) is 0 Å². The molecule has 0 spiro atoms. The first kappa shape index (κ1) is 16.5. The van der Waals surface area contributed by atoms with Gasteiger partial charge in [0.2, 0.25) is 10.0 Å². The smallest absolute Gasteiger partial charge is 0.243 e. The van der Waals surface area contributed by atoms with Crippen molar-refractivity contribution in [3.63, 3.8) is 0 Å². The fraction of sp³-hybridized carbons (Fsp3) is 0.625. The van der Waals surface area contributed by atoms with Crippen LogP contribution in [0.3, 0.4) is 0 Å². The number of benzene rings is 1. The third-order valence-electron chi connectivity index (χ3n) is 4.40. The van der Waals surface area contributed by atoms with Crippen LogP contribution in [0.2, 0.25) is 0 Å². The van der Waals surface area contributed by atoms with E-state index < -0.39 is 16.1 Å². The predicted octanol–water partition coefficient (Wildman–Crippen LogP) is 2.80. The van der Waals surface area contributed by atoms with Crippen molar-refractivity contribution < 1.29 is 13.5 Å². The molecular weight excluding hydrogens is 286 g/mol. The van der Waals surface area contributed by atoms with E-state index >= 15 is 0 Å². The van der Waals surface area contributed by atoms with E-state index in [0.717, 1.165) is 6.42 Å². The summed E-state index contributed by atoms with van der Waals surface area (Å²) in [6.45, 7) is 7.34. The number of hydrogen-bond acceptors (Lipinski definition) is 3. The van der Waals surface area contributed by atoms with Crippen LogP contribution in [0.15, 0.2) is 29.2 Å². The van der Waals surface area contributed by atoms with Crippen LogP contribution in [-0.4, -0.2) is 30.9 Å². The van der Waals surface area contributed by atoms with Crippen molar-refractivity contribution >= 4 is 10.0 Å². The van der Waals surface area contributed by atoms with Gasteiger partial charge in [-0.1, -0.05) is 32.9 Å². The minimum Gasteiger partial charge on any atom is -0.388 e. The molecule has 1 aliphatic heterocycles. The second kappa shape index (κ2) is 6.46. The molecule has 2 rings (SSSR count). The quantitative estimate of drug-likeness (QED) is 0.909. The van der Waals surface area contributed by atoms with Crippen molar-refractivity contribution in [2.24, 2.45) is 11.8 Å². The van der Waals surface area contributed by atoms with E-state index in [1.165, 1.54) is 0 Å². The van der Waals surface area contributed by atoms with E-state index in [0.29, 0.717) is 36.9 Å². The highest BCUT2D eigenvalue weighted by molar-refractivity contribution is 7.89. The van der Waals surface area contributed by atoms with Crippen molar-refractivity contribution in [2.75, 3.05) is 13.1 Å². The molecule has 1 fully saturated rings. The lowest BCUT2D eigenvalue weighted by molar-refractivity contribution is 0.173. The van der Waals surface area contributed by atoms with E-state index in [9.17, 15) is 13.5 Å². The zero-order valence-electron chi connectivity index (χ0n) is 13.0. The molecule has 118 valence electrons. The maximum absolute atomic E-state index is 12.7. The van der Waals surface area contributed by atoms with Crippen LogP contribution in [0.5, 0.6) is 0 Å². The van der Waals surface area contributed by atoms with Crippen LogP contribution in [0.25, 0.3) is 0 Å². The maximum Gasteiger partial charge on any atom is 0.243 e. The van der Waals surface area contributed by atoms with Gasteiger partial charge in [-0.2, -0.15) is 4.31 Å². The third kappa shape index (κ3) is 3.47. The summed E-state index contributed by atoms with van der Waals surface area (Å²) in [5.41, 5.74) is 0.665. The van der Waals surface area contributed by atoms with Gasteiger partial charge in [-0.05, 0) is 42.4 Å². The van der Waals surface area contributed by atoms with Crippen molar-refractivity contribution in [2.45, 2.75) is 44.6 Å². The zero-order valence-corrected chi connectivity index (χ0v) is 13.8.